The fraction of sp³-hybridized carbons (Fsp3) is 0.100. The van der Waals surface area contributed by atoms with Gasteiger partial charge in [-0.3, -0.25) is 9.78 Å². The molecule has 0 bridgehead atoms. The van der Waals surface area contributed by atoms with Crippen molar-refractivity contribution in [3.8, 4) is 10.6 Å². The predicted molar refractivity (Wildman–Crippen MR) is 58.7 cm³/mol. The minimum absolute atomic E-state index is 0.833. The lowest BCUT2D eigenvalue weighted by atomic mass is 10.3. The van der Waals surface area contributed by atoms with Crippen LogP contribution in [-0.2, 0) is 4.79 Å². The summed E-state index contributed by atoms with van der Waals surface area (Å²) >= 11 is 1.64. The Hall–Kier alpha value is -1.75. The molecule has 4 nitrogen and oxygen atoms in total. The second kappa shape index (κ2) is 5.87. The number of aromatic nitrogens is 2. The minimum atomic E-state index is -0.833. The van der Waals surface area contributed by atoms with Gasteiger partial charge in [0.1, 0.15) is 5.01 Å². The van der Waals surface area contributed by atoms with Crippen molar-refractivity contribution in [3.63, 3.8) is 0 Å². The molecule has 2 rings (SSSR count). The van der Waals surface area contributed by atoms with Gasteiger partial charge in [-0.05, 0) is 12.1 Å². The summed E-state index contributed by atoms with van der Waals surface area (Å²) in [5.41, 5.74) is 1.13. The number of thiazole rings is 1. The average molecular weight is 222 g/mol. The van der Waals surface area contributed by atoms with Gasteiger partial charge >= 0.3 is 0 Å². The van der Waals surface area contributed by atoms with Crippen LogP contribution in [-0.4, -0.2) is 21.0 Å². The number of carboxylic acid groups (broad SMARTS) is 1. The Kier molecular flexibility index (Phi) is 4.43. The summed E-state index contributed by atoms with van der Waals surface area (Å²) in [6.45, 7) is 1.08. The van der Waals surface area contributed by atoms with E-state index >= 15 is 0 Å². The molecule has 0 unspecified atom stereocenters. The summed E-state index contributed by atoms with van der Waals surface area (Å²) in [7, 11) is 0. The molecule has 0 aromatic carbocycles. The molecular weight excluding hydrogens is 212 g/mol. The van der Waals surface area contributed by atoms with Crippen LogP contribution in [0.25, 0.3) is 10.6 Å². The molecule has 0 spiro atoms. The fourth-order valence-electron chi connectivity index (χ4n) is 0.861. The second-order valence-electron chi connectivity index (χ2n) is 2.59. The van der Waals surface area contributed by atoms with E-state index in [4.69, 9.17) is 9.90 Å². The van der Waals surface area contributed by atoms with Crippen molar-refractivity contribution in [2.75, 3.05) is 0 Å². The highest BCUT2D eigenvalue weighted by molar-refractivity contribution is 7.13. The van der Waals surface area contributed by atoms with Crippen LogP contribution >= 0.6 is 11.3 Å². The first-order valence-electron chi connectivity index (χ1n) is 4.19. The molecule has 0 aliphatic rings. The molecule has 15 heavy (non-hydrogen) atoms. The van der Waals surface area contributed by atoms with Crippen molar-refractivity contribution in [1.29, 1.82) is 0 Å². The van der Waals surface area contributed by atoms with E-state index in [-0.39, 0.29) is 0 Å². The fourth-order valence-corrected chi connectivity index (χ4v) is 1.50. The van der Waals surface area contributed by atoms with E-state index in [2.05, 4.69) is 9.97 Å². The minimum Gasteiger partial charge on any atom is -0.481 e. The van der Waals surface area contributed by atoms with Crippen LogP contribution < -0.4 is 0 Å². The van der Waals surface area contributed by atoms with Crippen molar-refractivity contribution in [3.05, 3.63) is 36.1 Å². The molecule has 0 radical (unpaired) electrons. The van der Waals surface area contributed by atoms with Crippen LogP contribution in [0.2, 0.25) is 0 Å². The third-order valence-corrected chi connectivity index (χ3v) is 2.18. The monoisotopic (exact) mass is 222 g/mol. The molecule has 0 fully saturated rings. The first-order valence-corrected chi connectivity index (χ1v) is 5.07. The lowest BCUT2D eigenvalue weighted by Gasteiger charge is -1.91. The maximum atomic E-state index is 9.00. The molecule has 0 atom stereocenters. The van der Waals surface area contributed by atoms with Gasteiger partial charge in [0.25, 0.3) is 5.97 Å². The molecule has 78 valence electrons. The van der Waals surface area contributed by atoms with E-state index in [0.717, 1.165) is 17.5 Å². The van der Waals surface area contributed by atoms with Gasteiger partial charge in [-0.15, -0.1) is 11.3 Å². The van der Waals surface area contributed by atoms with Crippen LogP contribution in [0, 0.1) is 0 Å². The van der Waals surface area contributed by atoms with Crippen LogP contribution in [0.1, 0.15) is 6.92 Å². The largest absolute Gasteiger partial charge is 0.481 e. The summed E-state index contributed by atoms with van der Waals surface area (Å²) in [5, 5.41) is 10.4. The molecule has 5 heteroatoms. The Bertz CT molecular complexity index is 397. The molecule has 0 saturated carbocycles. The lowest BCUT2D eigenvalue weighted by Crippen LogP contribution is -1.78. The van der Waals surface area contributed by atoms with Gasteiger partial charge in [0, 0.05) is 36.5 Å². The molecule has 2 aromatic heterocycles. The Morgan fingerprint density at radius 3 is 2.40 bits per heavy atom. The van der Waals surface area contributed by atoms with Gasteiger partial charge in [-0.25, -0.2) is 4.98 Å². The number of aliphatic carboxylic acids is 1. The molecule has 0 amide bonds. The van der Waals surface area contributed by atoms with Gasteiger partial charge < -0.3 is 5.11 Å². The third-order valence-electron chi connectivity index (χ3n) is 1.36. The molecule has 0 aliphatic carbocycles. The molecule has 0 saturated heterocycles. The van der Waals surface area contributed by atoms with E-state index in [0.29, 0.717) is 0 Å². The van der Waals surface area contributed by atoms with Crippen LogP contribution in [0.3, 0.4) is 0 Å². The first-order chi connectivity index (χ1) is 7.20. The molecule has 2 heterocycles. The number of hydrogen-bond donors (Lipinski definition) is 1. The zero-order valence-corrected chi connectivity index (χ0v) is 8.94. The smallest absolute Gasteiger partial charge is 0.300 e. The maximum Gasteiger partial charge on any atom is 0.300 e. The Morgan fingerprint density at radius 2 is 1.93 bits per heavy atom. The number of carboxylic acids is 1. The van der Waals surface area contributed by atoms with Gasteiger partial charge in [-0.2, -0.15) is 0 Å². The van der Waals surface area contributed by atoms with Gasteiger partial charge in [-0.1, -0.05) is 0 Å². The standard InChI is InChI=1S/C8H6N2S.C2H4O2/c1-3-9-4-2-7(1)8-10-5-6-11-8;1-2(3)4/h1-6H;1H3,(H,3,4). The zero-order valence-electron chi connectivity index (χ0n) is 8.12. The number of nitrogens with zero attached hydrogens (tertiary/aromatic N) is 2. The zero-order chi connectivity index (χ0) is 11.1. The summed E-state index contributed by atoms with van der Waals surface area (Å²) in [4.78, 5) is 17.1. The maximum absolute atomic E-state index is 9.00. The summed E-state index contributed by atoms with van der Waals surface area (Å²) in [5.74, 6) is -0.833. The molecule has 2 aromatic rings. The molecule has 1 N–H and O–H groups in total. The first kappa shape index (κ1) is 11.3. The van der Waals surface area contributed by atoms with Crippen molar-refractivity contribution in [1.82, 2.24) is 9.97 Å². The van der Waals surface area contributed by atoms with E-state index in [9.17, 15) is 0 Å². The number of rotatable bonds is 1. The molecule has 0 aliphatic heterocycles. The van der Waals surface area contributed by atoms with Crippen molar-refractivity contribution >= 4 is 17.3 Å². The van der Waals surface area contributed by atoms with Crippen molar-refractivity contribution in [2.45, 2.75) is 6.92 Å². The topological polar surface area (TPSA) is 63.1 Å². The summed E-state index contributed by atoms with van der Waals surface area (Å²) in [6, 6.07) is 3.91. The Labute approximate surface area is 91.3 Å². The highest BCUT2D eigenvalue weighted by atomic mass is 32.1. The van der Waals surface area contributed by atoms with Crippen LogP contribution in [0.15, 0.2) is 36.1 Å². The second-order valence-corrected chi connectivity index (χ2v) is 3.49. The van der Waals surface area contributed by atoms with Crippen LogP contribution in [0.5, 0.6) is 0 Å². The van der Waals surface area contributed by atoms with Crippen LogP contribution in [0.4, 0.5) is 0 Å². The lowest BCUT2D eigenvalue weighted by molar-refractivity contribution is -0.134. The van der Waals surface area contributed by atoms with Crippen molar-refractivity contribution in [2.24, 2.45) is 0 Å². The Morgan fingerprint density at radius 1 is 1.33 bits per heavy atom. The highest BCUT2D eigenvalue weighted by Crippen LogP contribution is 2.19. The number of carbonyl (C=O) groups is 1. The summed E-state index contributed by atoms with van der Waals surface area (Å²) < 4.78 is 0. The van der Waals surface area contributed by atoms with E-state index in [1.165, 1.54) is 0 Å². The quantitative estimate of drug-likeness (QED) is 0.804. The summed E-state index contributed by atoms with van der Waals surface area (Å²) in [6.07, 6.45) is 5.36. The number of hydrogen-bond acceptors (Lipinski definition) is 4. The Balaban J connectivity index is 0.000000245. The van der Waals surface area contributed by atoms with E-state index < -0.39 is 5.97 Å². The highest BCUT2D eigenvalue weighted by Gasteiger charge is 1.96. The SMILES string of the molecule is CC(=O)O.c1cc(-c2nccs2)ccn1. The van der Waals surface area contributed by atoms with Crippen molar-refractivity contribution < 1.29 is 9.90 Å². The molecular formula is C10H10N2O2S. The van der Waals surface area contributed by atoms with Gasteiger partial charge in [0.05, 0.1) is 0 Å². The number of pyridine rings is 1. The average Bonchev–Trinajstić information content (AvgIpc) is 2.71. The van der Waals surface area contributed by atoms with E-state index in [1.54, 1.807) is 29.9 Å². The predicted octanol–water partition coefficient (Wildman–Crippen LogP) is 2.30. The normalized spacial score (nSPS) is 8.87. The van der Waals surface area contributed by atoms with Gasteiger partial charge in [0.15, 0.2) is 0 Å². The third kappa shape index (κ3) is 4.33. The van der Waals surface area contributed by atoms with E-state index in [1.807, 2.05) is 17.5 Å². The van der Waals surface area contributed by atoms with Gasteiger partial charge in [0.2, 0.25) is 0 Å².